The van der Waals surface area contributed by atoms with Gasteiger partial charge < -0.3 is 9.47 Å². The minimum Gasteiger partial charge on any atom is -0.497 e. The van der Waals surface area contributed by atoms with E-state index in [1.807, 2.05) is 48.5 Å². The molecule has 2 aromatic carbocycles. The highest BCUT2D eigenvalue weighted by molar-refractivity contribution is 5.78. The van der Waals surface area contributed by atoms with Gasteiger partial charge >= 0.3 is 0 Å². The Bertz CT molecular complexity index is 725. The Labute approximate surface area is 117 Å². The number of methoxy groups -OCH3 is 1. The van der Waals surface area contributed by atoms with Gasteiger partial charge in [0.05, 0.1) is 18.3 Å². The summed E-state index contributed by atoms with van der Waals surface area (Å²) in [6.45, 7) is 0.442. The van der Waals surface area contributed by atoms with E-state index in [4.69, 9.17) is 9.47 Å². The first-order chi connectivity index (χ1) is 9.85. The largest absolute Gasteiger partial charge is 0.497 e. The van der Waals surface area contributed by atoms with E-state index >= 15 is 0 Å². The fourth-order valence-electron chi connectivity index (χ4n) is 2.04. The molecule has 0 spiro atoms. The molecule has 0 aliphatic rings. The second-order valence-electron chi connectivity index (χ2n) is 4.46. The van der Waals surface area contributed by atoms with Crippen LogP contribution in [0, 0.1) is 0 Å². The van der Waals surface area contributed by atoms with Gasteiger partial charge in [-0.15, -0.1) is 0 Å². The van der Waals surface area contributed by atoms with Crippen LogP contribution in [0.25, 0.3) is 10.9 Å². The van der Waals surface area contributed by atoms with Crippen molar-refractivity contribution in [3.63, 3.8) is 0 Å². The average molecular weight is 265 g/mol. The van der Waals surface area contributed by atoms with E-state index in [9.17, 15) is 0 Å². The van der Waals surface area contributed by atoms with Gasteiger partial charge in [0.2, 0.25) is 0 Å². The predicted octanol–water partition coefficient (Wildman–Crippen LogP) is 3.82. The molecule has 3 rings (SSSR count). The van der Waals surface area contributed by atoms with Crippen molar-refractivity contribution in [2.24, 2.45) is 0 Å². The highest BCUT2D eigenvalue weighted by Crippen LogP contribution is 2.20. The lowest BCUT2D eigenvalue weighted by Gasteiger charge is -2.08. The highest BCUT2D eigenvalue weighted by Gasteiger charge is 2.01. The van der Waals surface area contributed by atoms with Crippen LogP contribution in [0.15, 0.2) is 60.7 Å². The number of nitrogens with zero attached hydrogens (tertiary/aromatic N) is 1. The smallest absolute Gasteiger partial charge is 0.130 e. The molecule has 0 unspecified atom stereocenters. The number of hydrogen-bond acceptors (Lipinski definition) is 3. The summed E-state index contributed by atoms with van der Waals surface area (Å²) in [6, 6.07) is 19.7. The van der Waals surface area contributed by atoms with E-state index in [0.29, 0.717) is 6.61 Å². The molecule has 3 nitrogen and oxygen atoms in total. The Morgan fingerprint density at radius 1 is 0.900 bits per heavy atom. The van der Waals surface area contributed by atoms with Crippen LogP contribution in [0.1, 0.15) is 5.69 Å². The van der Waals surface area contributed by atoms with E-state index in [1.165, 1.54) is 0 Å². The van der Waals surface area contributed by atoms with Gasteiger partial charge in [0.15, 0.2) is 0 Å². The maximum absolute atomic E-state index is 5.74. The second-order valence-corrected chi connectivity index (χ2v) is 4.46. The average Bonchev–Trinajstić information content (AvgIpc) is 2.53. The van der Waals surface area contributed by atoms with Crippen LogP contribution < -0.4 is 9.47 Å². The van der Waals surface area contributed by atoms with Crippen LogP contribution >= 0.6 is 0 Å². The van der Waals surface area contributed by atoms with Gasteiger partial charge in [-0.1, -0.05) is 30.3 Å². The molecule has 1 heterocycles. The fraction of sp³-hybridized carbons (Fsp3) is 0.118. The van der Waals surface area contributed by atoms with Crippen molar-refractivity contribution >= 4 is 10.9 Å². The van der Waals surface area contributed by atoms with Crippen molar-refractivity contribution in [3.05, 3.63) is 66.4 Å². The number of fused-ring (bicyclic) bond motifs is 1. The minimum absolute atomic E-state index is 0.442. The number of pyridine rings is 1. The maximum atomic E-state index is 5.74. The summed E-state index contributed by atoms with van der Waals surface area (Å²) >= 11 is 0. The zero-order chi connectivity index (χ0) is 13.8. The molecule has 3 aromatic rings. The zero-order valence-corrected chi connectivity index (χ0v) is 11.2. The second kappa shape index (κ2) is 5.61. The van der Waals surface area contributed by atoms with E-state index in [0.717, 1.165) is 28.1 Å². The Kier molecular flexibility index (Phi) is 3.50. The molecule has 3 heteroatoms. The zero-order valence-electron chi connectivity index (χ0n) is 11.2. The van der Waals surface area contributed by atoms with Gasteiger partial charge in [-0.25, -0.2) is 4.98 Å². The lowest BCUT2D eigenvalue weighted by molar-refractivity contribution is 0.299. The molecule has 0 radical (unpaired) electrons. The van der Waals surface area contributed by atoms with E-state index in [-0.39, 0.29) is 0 Å². The standard InChI is InChI=1S/C17H15NO2/c1-19-15-6-4-7-16(11-15)20-12-14-10-9-13-5-2-3-8-17(13)18-14/h2-11H,12H2,1H3. The number of para-hydroxylation sites is 1. The van der Waals surface area contributed by atoms with Crippen molar-refractivity contribution in [2.45, 2.75) is 6.61 Å². The van der Waals surface area contributed by atoms with Gasteiger partial charge in [0, 0.05) is 11.5 Å². The van der Waals surface area contributed by atoms with E-state index < -0.39 is 0 Å². The van der Waals surface area contributed by atoms with Gasteiger partial charge in [-0.2, -0.15) is 0 Å². The third kappa shape index (κ3) is 2.72. The van der Waals surface area contributed by atoms with Gasteiger partial charge in [-0.3, -0.25) is 0 Å². The molecule has 0 saturated carbocycles. The Hall–Kier alpha value is -2.55. The monoisotopic (exact) mass is 265 g/mol. The summed E-state index contributed by atoms with van der Waals surface area (Å²) in [5.74, 6) is 1.56. The molecule has 1 aromatic heterocycles. The molecule has 20 heavy (non-hydrogen) atoms. The molecule has 0 N–H and O–H groups in total. The first kappa shape index (κ1) is 12.5. The molecular formula is C17H15NO2. The minimum atomic E-state index is 0.442. The van der Waals surface area contributed by atoms with Crippen LogP contribution in [0.5, 0.6) is 11.5 Å². The molecule has 0 amide bonds. The van der Waals surface area contributed by atoms with Crippen LogP contribution in [0.3, 0.4) is 0 Å². The first-order valence-electron chi connectivity index (χ1n) is 6.47. The molecule has 0 fully saturated rings. The van der Waals surface area contributed by atoms with Crippen LogP contribution in [0.2, 0.25) is 0 Å². The highest BCUT2D eigenvalue weighted by atomic mass is 16.5. The Morgan fingerprint density at radius 2 is 1.75 bits per heavy atom. The van der Waals surface area contributed by atoms with Gasteiger partial charge in [-0.05, 0) is 24.3 Å². The van der Waals surface area contributed by atoms with Gasteiger partial charge in [0.25, 0.3) is 0 Å². The maximum Gasteiger partial charge on any atom is 0.130 e. The Morgan fingerprint density at radius 3 is 2.65 bits per heavy atom. The molecule has 0 aliphatic carbocycles. The van der Waals surface area contributed by atoms with Crippen LogP contribution in [-0.4, -0.2) is 12.1 Å². The summed E-state index contributed by atoms with van der Waals surface area (Å²) < 4.78 is 10.9. The quantitative estimate of drug-likeness (QED) is 0.718. The summed E-state index contributed by atoms with van der Waals surface area (Å²) in [6.07, 6.45) is 0. The molecule has 0 atom stereocenters. The molecular weight excluding hydrogens is 250 g/mol. The Balaban J connectivity index is 1.76. The van der Waals surface area contributed by atoms with Crippen molar-refractivity contribution in [1.82, 2.24) is 4.98 Å². The molecule has 100 valence electrons. The third-order valence-electron chi connectivity index (χ3n) is 3.08. The third-order valence-corrected chi connectivity index (χ3v) is 3.08. The van der Waals surface area contributed by atoms with E-state index in [2.05, 4.69) is 17.1 Å². The topological polar surface area (TPSA) is 31.4 Å². The molecule has 0 aliphatic heterocycles. The lowest BCUT2D eigenvalue weighted by atomic mass is 10.2. The SMILES string of the molecule is COc1cccc(OCc2ccc3ccccc3n2)c1. The normalized spacial score (nSPS) is 10.4. The summed E-state index contributed by atoms with van der Waals surface area (Å²) in [5.41, 5.74) is 1.89. The van der Waals surface area contributed by atoms with Crippen LogP contribution in [-0.2, 0) is 6.61 Å². The van der Waals surface area contributed by atoms with Crippen LogP contribution in [0.4, 0.5) is 0 Å². The predicted molar refractivity (Wildman–Crippen MR) is 79.1 cm³/mol. The summed E-state index contributed by atoms with van der Waals surface area (Å²) in [4.78, 5) is 4.58. The number of ether oxygens (including phenoxy) is 2. The van der Waals surface area contributed by atoms with E-state index in [1.54, 1.807) is 7.11 Å². The number of aromatic nitrogens is 1. The van der Waals surface area contributed by atoms with Crippen molar-refractivity contribution < 1.29 is 9.47 Å². The number of hydrogen-bond donors (Lipinski definition) is 0. The number of rotatable bonds is 4. The molecule has 0 saturated heterocycles. The first-order valence-corrected chi connectivity index (χ1v) is 6.47. The lowest BCUT2D eigenvalue weighted by Crippen LogP contribution is -1.98. The molecule has 0 bridgehead atoms. The summed E-state index contributed by atoms with van der Waals surface area (Å²) in [5, 5.41) is 1.14. The van der Waals surface area contributed by atoms with Crippen molar-refractivity contribution in [1.29, 1.82) is 0 Å². The summed E-state index contributed by atoms with van der Waals surface area (Å²) in [7, 11) is 1.64. The van der Waals surface area contributed by atoms with Gasteiger partial charge in [0.1, 0.15) is 18.1 Å². The number of benzene rings is 2. The van der Waals surface area contributed by atoms with Crippen molar-refractivity contribution in [3.8, 4) is 11.5 Å². The fourth-order valence-corrected chi connectivity index (χ4v) is 2.04. The van der Waals surface area contributed by atoms with Crippen molar-refractivity contribution in [2.75, 3.05) is 7.11 Å².